The zero-order valence-corrected chi connectivity index (χ0v) is 11.2. The predicted molar refractivity (Wildman–Crippen MR) is 81.7 cm³/mol. The molecule has 100 valence electrons. The molecule has 0 bridgehead atoms. The summed E-state index contributed by atoms with van der Waals surface area (Å²) >= 11 is 0. The van der Waals surface area contributed by atoms with Gasteiger partial charge in [0, 0.05) is 18.0 Å². The third-order valence-electron chi connectivity index (χ3n) is 3.35. The second kappa shape index (κ2) is 4.83. The molecule has 3 heterocycles. The summed E-state index contributed by atoms with van der Waals surface area (Å²) in [5.41, 5.74) is 4.55. The van der Waals surface area contributed by atoms with E-state index < -0.39 is 0 Å². The van der Waals surface area contributed by atoms with E-state index in [4.69, 9.17) is 4.98 Å². The number of fused-ring (bicyclic) bond motifs is 1. The molecule has 1 aromatic carbocycles. The van der Waals surface area contributed by atoms with Crippen molar-refractivity contribution in [3.8, 4) is 22.6 Å². The minimum atomic E-state index is 0.817. The van der Waals surface area contributed by atoms with Gasteiger partial charge in [-0.2, -0.15) is 5.10 Å². The van der Waals surface area contributed by atoms with Crippen LogP contribution >= 0.6 is 0 Å². The van der Waals surface area contributed by atoms with Crippen LogP contribution in [0.3, 0.4) is 0 Å². The normalized spacial score (nSPS) is 10.9. The van der Waals surface area contributed by atoms with Crippen molar-refractivity contribution in [2.45, 2.75) is 0 Å². The average molecular weight is 272 g/mol. The first kappa shape index (κ1) is 11.8. The maximum atomic E-state index is 4.72. The first-order chi connectivity index (χ1) is 10.4. The van der Waals surface area contributed by atoms with Gasteiger partial charge in [-0.05, 0) is 24.3 Å². The Bertz CT molecular complexity index is 882. The van der Waals surface area contributed by atoms with Crippen molar-refractivity contribution < 1.29 is 0 Å². The number of nitrogens with zero attached hydrogens (tertiary/aromatic N) is 4. The van der Waals surface area contributed by atoms with E-state index in [1.807, 2.05) is 65.2 Å². The molecule has 0 saturated carbocycles. The van der Waals surface area contributed by atoms with E-state index in [2.05, 4.69) is 10.1 Å². The second-order valence-electron chi connectivity index (χ2n) is 4.68. The standard InChI is InChI=1S/C17H12N4/c1-2-7-13(8-3-1)16-17(14-9-4-5-11-18-14)21-15(20-16)10-6-12-19-21/h1-12H. The third-order valence-corrected chi connectivity index (χ3v) is 3.35. The highest BCUT2D eigenvalue weighted by Gasteiger charge is 2.16. The molecule has 21 heavy (non-hydrogen) atoms. The highest BCUT2D eigenvalue weighted by Crippen LogP contribution is 2.30. The number of hydrogen-bond donors (Lipinski definition) is 0. The van der Waals surface area contributed by atoms with Gasteiger partial charge in [-0.3, -0.25) is 4.98 Å². The molecule has 0 N–H and O–H groups in total. The fraction of sp³-hybridized carbons (Fsp3) is 0. The van der Waals surface area contributed by atoms with E-state index in [0.29, 0.717) is 0 Å². The molecule has 0 amide bonds. The van der Waals surface area contributed by atoms with Crippen LogP contribution in [0.2, 0.25) is 0 Å². The van der Waals surface area contributed by atoms with Gasteiger partial charge in [-0.15, -0.1) is 0 Å². The maximum absolute atomic E-state index is 4.72. The Hall–Kier alpha value is -3.01. The summed E-state index contributed by atoms with van der Waals surface area (Å²) in [7, 11) is 0. The first-order valence-electron chi connectivity index (χ1n) is 6.74. The molecule has 0 saturated heterocycles. The van der Waals surface area contributed by atoms with Crippen molar-refractivity contribution in [3.63, 3.8) is 0 Å². The SMILES string of the molecule is c1ccc(-c2nc3cccnn3c2-c2ccccn2)cc1. The van der Waals surface area contributed by atoms with Crippen LogP contribution in [0.15, 0.2) is 73.1 Å². The van der Waals surface area contributed by atoms with Crippen molar-refractivity contribution in [2.24, 2.45) is 0 Å². The predicted octanol–water partition coefficient (Wildman–Crippen LogP) is 3.46. The lowest BCUT2D eigenvalue weighted by Crippen LogP contribution is -1.95. The largest absolute Gasteiger partial charge is 0.255 e. The van der Waals surface area contributed by atoms with Crippen molar-refractivity contribution in [3.05, 3.63) is 73.1 Å². The summed E-state index contributed by atoms with van der Waals surface area (Å²) in [6.45, 7) is 0. The van der Waals surface area contributed by atoms with Gasteiger partial charge in [0.15, 0.2) is 5.65 Å². The molecule has 4 aromatic rings. The quantitative estimate of drug-likeness (QED) is 0.561. The van der Waals surface area contributed by atoms with Gasteiger partial charge < -0.3 is 0 Å². The smallest absolute Gasteiger partial charge is 0.155 e. The number of benzene rings is 1. The van der Waals surface area contributed by atoms with Crippen molar-refractivity contribution >= 4 is 5.65 Å². The third kappa shape index (κ3) is 1.97. The van der Waals surface area contributed by atoms with Gasteiger partial charge in [0.05, 0.1) is 5.69 Å². The molecule has 4 nitrogen and oxygen atoms in total. The molecular weight excluding hydrogens is 260 g/mol. The number of imidazole rings is 1. The van der Waals surface area contributed by atoms with E-state index in [1.54, 1.807) is 12.4 Å². The molecular formula is C17H12N4. The van der Waals surface area contributed by atoms with E-state index in [-0.39, 0.29) is 0 Å². The Morgan fingerprint density at radius 3 is 2.43 bits per heavy atom. The molecule has 0 aliphatic heterocycles. The molecule has 0 unspecified atom stereocenters. The number of rotatable bonds is 2. The average Bonchev–Trinajstić information content (AvgIpc) is 2.96. The van der Waals surface area contributed by atoms with Crippen LogP contribution < -0.4 is 0 Å². The Kier molecular flexibility index (Phi) is 2.71. The molecule has 0 fully saturated rings. The summed E-state index contributed by atoms with van der Waals surface area (Å²) in [6, 6.07) is 19.8. The molecule has 0 aliphatic rings. The molecule has 4 heteroatoms. The second-order valence-corrected chi connectivity index (χ2v) is 4.68. The summed E-state index contributed by atoms with van der Waals surface area (Å²) < 4.78 is 1.84. The van der Waals surface area contributed by atoms with E-state index in [9.17, 15) is 0 Å². The van der Waals surface area contributed by atoms with Crippen molar-refractivity contribution in [2.75, 3.05) is 0 Å². The van der Waals surface area contributed by atoms with Gasteiger partial charge in [0.1, 0.15) is 11.4 Å². The lowest BCUT2D eigenvalue weighted by Gasteiger charge is -2.03. The van der Waals surface area contributed by atoms with E-state index >= 15 is 0 Å². The Balaban J connectivity index is 2.07. The lowest BCUT2D eigenvalue weighted by atomic mass is 10.1. The van der Waals surface area contributed by atoms with Crippen LogP contribution in [0.1, 0.15) is 0 Å². The molecule has 0 aliphatic carbocycles. The van der Waals surface area contributed by atoms with E-state index in [1.165, 1.54) is 0 Å². The molecule has 0 radical (unpaired) electrons. The highest BCUT2D eigenvalue weighted by molar-refractivity contribution is 5.79. The van der Waals surface area contributed by atoms with E-state index in [0.717, 1.165) is 28.3 Å². The van der Waals surface area contributed by atoms with Gasteiger partial charge in [-0.1, -0.05) is 36.4 Å². The highest BCUT2D eigenvalue weighted by atomic mass is 15.3. The van der Waals surface area contributed by atoms with Gasteiger partial charge in [0.25, 0.3) is 0 Å². The van der Waals surface area contributed by atoms with Crippen LogP contribution in [0.4, 0.5) is 0 Å². The monoisotopic (exact) mass is 272 g/mol. The fourth-order valence-electron chi connectivity index (χ4n) is 2.42. The number of pyridine rings is 1. The number of aromatic nitrogens is 4. The molecule has 0 atom stereocenters. The summed E-state index contributed by atoms with van der Waals surface area (Å²) in [5.74, 6) is 0. The Morgan fingerprint density at radius 2 is 1.62 bits per heavy atom. The topological polar surface area (TPSA) is 43.1 Å². The maximum Gasteiger partial charge on any atom is 0.155 e. The van der Waals surface area contributed by atoms with Crippen LogP contribution in [0, 0.1) is 0 Å². The summed E-state index contributed by atoms with van der Waals surface area (Å²) in [4.78, 5) is 9.18. The molecule has 3 aromatic heterocycles. The first-order valence-corrected chi connectivity index (χ1v) is 6.74. The number of hydrogen-bond acceptors (Lipinski definition) is 3. The molecule has 4 rings (SSSR count). The zero-order valence-electron chi connectivity index (χ0n) is 11.2. The Morgan fingerprint density at radius 1 is 0.762 bits per heavy atom. The minimum Gasteiger partial charge on any atom is -0.255 e. The van der Waals surface area contributed by atoms with Crippen LogP contribution in [0.5, 0.6) is 0 Å². The van der Waals surface area contributed by atoms with Crippen LogP contribution in [-0.2, 0) is 0 Å². The lowest BCUT2D eigenvalue weighted by molar-refractivity contribution is 0.938. The Labute approximate surface area is 121 Å². The van der Waals surface area contributed by atoms with Crippen LogP contribution in [-0.4, -0.2) is 19.6 Å². The summed E-state index contributed by atoms with van der Waals surface area (Å²) in [5, 5.41) is 4.42. The zero-order chi connectivity index (χ0) is 14.1. The fourth-order valence-corrected chi connectivity index (χ4v) is 2.42. The summed E-state index contributed by atoms with van der Waals surface area (Å²) in [6.07, 6.45) is 3.54. The van der Waals surface area contributed by atoms with Gasteiger partial charge in [0.2, 0.25) is 0 Å². The molecule has 0 spiro atoms. The minimum absolute atomic E-state index is 0.817. The van der Waals surface area contributed by atoms with Crippen molar-refractivity contribution in [1.82, 2.24) is 19.6 Å². The van der Waals surface area contributed by atoms with Gasteiger partial charge >= 0.3 is 0 Å². The van der Waals surface area contributed by atoms with Crippen LogP contribution in [0.25, 0.3) is 28.3 Å². The van der Waals surface area contributed by atoms with Crippen molar-refractivity contribution in [1.29, 1.82) is 0 Å². The van der Waals surface area contributed by atoms with Gasteiger partial charge in [-0.25, -0.2) is 9.50 Å².